The first-order valence-electron chi connectivity index (χ1n) is 49.6. The molecule has 145 heavy (non-hydrogen) atoms. The Balaban J connectivity index is 0.0000000990. The van der Waals surface area contributed by atoms with E-state index in [4.69, 9.17) is 37.3 Å². The highest BCUT2D eigenvalue weighted by atomic mass is 16.5. The maximum absolute atomic E-state index is 6.96. The Morgan fingerprint density at radius 1 is 0.138 bits per heavy atom. The number of fused-ring (bicyclic) bond motifs is 27. The lowest BCUT2D eigenvalue weighted by Crippen LogP contribution is -2.57. The number of para-hydroxylation sites is 6. The van der Waals surface area contributed by atoms with Crippen LogP contribution in [0.25, 0.3) is 197 Å². The zero-order chi connectivity index (χ0) is 94.7. The van der Waals surface area contributed by atoms with Gasteiger partial charge in [-0.3, -0.25) is 0 Å². The third-order valence-electron chi connectivity index (χ3n) is 31.0. The summed E-state index contributed by atoms with van der Waals surface area (Å²) in [5.41, 5.74) is 28.1. The Bertz CT molecular complexity index is 10100. The van der Waals surface area contributed by atoms with Gasteiger partial charge in [0, 0.05) is 49.1 Å². The first-order chi connectivity index (χ1) is 71.9. The van der Waals surface area contributed by atoms with Crippen LogP contribution in [-0.2, 0) is 0 Å². The van der Waals surface area contributed by atoms with Crippen molar-refractivity contribution >= 4 is 199 Å². The minimum Gasteiger partial charge on any atom is -0.458 e. The lowest BCUT2D eigenvalue weighted by molar-refractivity contribution is 0.464. The minimum atomic E-state index is 0.0122. The van der Waals surface area contributed by atoms with Gasteiger partial charge in [-0.15, -0.1) is 0 Å². The van der Waals surface area contributed by atoms with Crippen molar-refractivity contribution in [2.24, 2.45) is 0 Å². The summed E-state index contributed by atoms with van der Waals surface area (Å²) in [6.45, 7) is 0.0718. The molecule has 8 nitrogen and oxygen atoms in total. The maximum atomic E-state index is 6.96. The van der Waals surface area contributed by atoms with Gasteiger partial charge in [0.1, 0.15) is 91.3 Å². The van der Waals surface area contributed by atoms with E-state index in [2.05, 4.69) is 394 Å². The van der Waals surface area contributed by atoms with Crippen LogP contribution in [0.1, 0.15) is 0 Å². The summed E-state index contributed by atoms with van der Waals surface area (Å²) in [4.78, 5) is 0. The largest absolute Gasteiger partial charge is 0.458 e. The highest BCUT2D eigenvalue weighted by Gasteiger charge is 2.45. The highest BCUT2D eigenvalue weighted by molar-refractivity contribution is 6.99. The molecular weight excluding hydrogens is 1770 g/mol. The second kappa shape index (κ2) is 31.8. The van der Waals surface area contributed by atoms with Crippen molar-refractivity contribution in [3.63, 3.8) is 0 Å². The lowest BCUT2D eigenvalue weighted by Gasteiger charge is -2.34. The summed E-state index contributed by atoms with van der Waals surface area (Å²) in [6.07, 6.45) is 0. The number of furan rings is 2. The second-order valence-electron chi connectivity index (χ2n) is 38.6. The van der Waals surface area contributed by atoms with Crippen molar-refractivity contribution in [1.29, 1.82) is 0 Å². The van der Waals surface area contributed by atoms with E-state index in [1.807, 2.05) is 72.8 Å². The number of benzene rings is 25. The molecule has 0 spiro atoms. The summed E-state index contributed by atoms with van der Waals surface area (Å²) in [6, 6.07) is 166. The minimum absolute atomic E-state index is 0.0122. The van der Waals surface area contributed by atoms with Crippen LogP contribution in [0.2, 0.25) is 0 Å². The molecule has 0 amide bonds. The van der Waals surface area contributed by atoms with Gasteiger partial charge in [0.05, 0.1) is 0 Å². The summed E-state index contributed by atoms with van der Waals surface area (Å²) in [7, 11) is 0. The summed E-state index contributed by atoms with van der Waals surface area (Å²) >= 11 is 0. The molecule has 0 unspecified atom stereocenters. The van der Waals surface area contributed by atoms with Crippen LogP contribution in [-0.4, -0.2) is 20.1 Å². The van der Waals surface area contributed by atoms with Crippen LogP contribution in [0.4, 0.5) is 0 Å². The van der Waals surface area contributed by atoms with Gasteiger partial charge in [0.2, 0.25) is 0 Å². The van der Waals surface area contributed by atoms with Crippen LogP contribution in [0, 0.1) is 0 Å². The molecule has 25 aromatic carbocycles. The SMILES string of the molecule is c1ccc2c(c1)Oc1ccc(-c3c4ccccc4c(-c4cc5ccccc5c5ccccc45)c4ccccc34)c3c1B2c1ccccc1O3.c1ccc2c(c1)Oc1cccc3c1B2c1cc(-c2c4ccccc4c(-c4ccc5oc6ccccc6c5c4)c4ccccc24)ccc1O3.c1ccc2c(c1)Oc1cccc3c1B2c1ccc(-c2c4ccccc4c(-c4ccc5oc6ccccc6c5c4)c4ccccc24)cc1O3. The van der Waals surface area contributed by atoms with E-state index in [1.54, 1.807) is 0 Å². The molecule has 0 atom stereocenters. The van der Waals surface area contributed by atoms with Gasteiger partial charge >= 0.3 is 0 Å². The van der Waals surface area contributed by atoms with E-state index in [0.29, 0.717) is 0 Å². The molecule has 0 aliphatic carbocycles. The molecule has 6 aliphatic heterocycles. The van der Waals surface area contributed by atoms with Gasteiger partial charge < -0.3 is 37.3 Å². The fourth-order valence-corrected chi connectivity index (χ4v) is 24.9. The van der Waals surface area contributed by atoms with Gasteiger partial charge in [0.25, 0.3) is 20.1 Å². The zero-order valence-corrected chi connectivity index (χ0v) is 78.0. The lowest BCUT2D eigenvalue weighted by atomic mass is 9.34. The quantitative estimate of drug-likeness (QED) is 0.0925. The normalized spacial score (nSPS) is 12.8. The number of ether oxygens (including phenoxy) is 6. The van der Waals surface area contributed by atoms with Crippen molar-refractivity contribution in [2.45, 2.75) is 0 Å². The van der Waals surface area contributed by atoms with Crippen molar-refractivity contribution in [1.82, 2.24) is 0 Å². The Kier molecular flexibility index (Phi) is 17.8. The smallest absolute Gasteiger partial charge is 0.260 e. The summed E-state index contributed by atoms with van der Waals surface area (Å²) in [5, 5.41) is 24.1. The van der Waals surface area contributed by atoms with Gasteiger partial charge in [-0.2, -0.15) is 0 Å². The molecule has 8 heterocycles. The average molecular weight is 1850 g/mol. The molecule has 0 fully saturated rings. The maximum Gasteiger partial charge on any atom is 0.260 e. The molecule has 0 saturated carbocycles. The number of hydrogen-bond donors (Lipinski definition) is 0. The third-order valence-corrected chi connectivity index (χ3v) is 31.0. The van der Waals surface area contributed by atoms with E-state index >= 15 is 0 Å². The van der Waals surface area contributed by atoms with E-state index in [9.17, 15) is 0 Å². The Labute approximate surface area is 833 Å². The monoisotopic (exact) mass is 1850 g/mol. The topological polar surface area (TPSA) is 81.7 Å². The molecule has 0 saturated heterocycles. The van der Waals surface area contributed by atoms with Crippen molar-refractivity contribution in [3.05, 3.63) is 467 Å². The van der Waals surface area contributed by atoms with Gasteiger partial charge in [-0.1, -0.05) is 352 Å². The average Bonchev–Trinajstić information content (AvgIpc) is 1.49. The summed E-state index contributed by atoms with van der Waals surface area (Å²) in [5.74, 6) is 10.5. The van der Waals surface area contributed by atoms with Crippen molar-refractivity contribution in [3.8, 4) is 136 Å². The molecule has 0 N–H and O–H groups in total. The fourth-order valence-electron chi connectivity index (χ4n) is 24.9. The van der Waals surface area contributed by atoms with Crippen LogP contribution < -0.4 is 77.6 Å². The van der Waals surface area contributed by atoms with E-state index < -0.39 is 0 Å². The molecule has 27 aromatic rings. The fraction of sp³-hybridized carbons (Fsp3) is 0. The van der Waals surface area contributed by atoms with Gasteiger partial charge in [-0.05, 0) is 290 Å². The van der Waals surface area contributed by atoms with Crippen LogP contribution in [0.3, 0.4) is 0 Å². The van der Waals surface area contributed by atoms with Crippen LogP contribution >= 0.6 is 0 Å². The molecule has 11 heteroatoms. The molecular formula is C134H77B3O8. The molecule has 0 radical (unpaired) electrons. The molecule has 0 bridgehead atoms. The van der Waals surface area contributed by atoms with Gasteiger partial charge in [0.15, 0.2) is 0 Å². The predicted molar refractivity (Wildman–Crippen MR) is 600 cm³/mol. The van der Waals surface area contributed by atoms with Gasteiger partial charge in [-0.25, -0.2) is 0 Å². The van der Waals surface area contributed by atoms with E-state index in [0.717, 1.165) is 179 Å². The summed E-state index contributed by atoms with van der Waals surface area (Å²) < 4.78 is 51.9. The molecule has 33 rings (SSSR count). The van der Waals surface area contributed by atoms with Crippen LogP contribution in [0.15, 0.2) is 476 Å². The molecule has 6 aliphatic rings. The van der Waals surface area contributed by atoms with E-state index in [1.165, 1.54) is 136 Å². The Morgan fingerprint density at radius 2 is 0.421 bits per heavy atom. The first kappa shape index (κ1) is 81.1. The zero-order valence-electron chi connectivity index (χ0n) is 78.0. The Hall–Kier alpha value is -18.8. The highest BCUT2D eigenvalue weighted by Crippen LogP contribution is 2.54. The van der Waals surface area contributed by atoms with E-state index in [-0.39, 0.29) is 20.1 Å². The standard InChI is InChI=1S/C46H27BO2.2C44H25BO3/c1-2-14-29-28(13-1)27-37(31-16-4-3-15-30(29)31)44-34-19-7-5-17-32(34)43(33-18-6-8-20-35(33)44)36-25-26-42-45-46(36)49-41-24-12-10-22-39(41)47(45)38-21-9-11-23-40(38)48-42;1-3-13-31-29(11-1)42(26-21-23-37-33(24-26)28-10-5-7-16-36(28)46-37)30-12-2-4-14-32(30)43(31)27-20-22-35-41(25-27)48-40-19-9-18-39-44(40)45(35)34-15-6-8-17-38(34)47-39;1-3-13-31-29(11-1)42(26-20-22-37-33(24-26)28-10-5-7-16-36(28)46-37)30-12-2-4-14-32(30)43(31)27-21-23-39-35(25-27)45-34-15-6-8-17-38(34)47-40-18-9-19-41(48-39)44(40)45/h1-27H;2*1-25H. The third kappa shape index (κ3) is 12.3. The van der Waals surface area contributed by atoms with Crippen molar-refractivity contribution in [2.75, 3.05) is 0 Å². The number of rotatable bonds is 6. The van der Waals surface area contributed by atoms with Crippen LogP contribution in [0.5, 0.6) is 69.0 Å². The molecule has 670 valence electrons. The Morgan fingerprint density at radius 3 is 0.869 bits per heavy atom. The first-order valence-corrected chi connectivity index (χ1v) is 49.6. The predicted octanol–water partition coefficient (Wildman–Crippen LogP) is 30.3. The second-order valence-corrected chi connectivity index (χ2v) is 38.6. The number of hydrogen-bond acceptors (Lipinski definition) is 8. The molecule has 2 aromatic heterocycles. The van der Waals surface area contributed by atoms with Crippen molar-refractivity contribution < 1.29 is 37.3 Å².